The summed E-state index contributed by atoms with van der Waals surface area (Å²) in [4.78, 5) is 10.5. The molecule has 7 heteroatoms. The summed E-state index contributed by atoms with van der Waals surface area (Å²) in [5.41, 5.74) is -0.361. The Hall–Kier alpha value is -1.89. The van der Waals surface area contributed by atoms with Crippen LogP contribution in [-0.4, -0.2) is 20.7 Å². The van der Waals surface area contributed by atoms with E-state index >= 15 is 0 Å². The molecule has 0 radical (unpaired) electrons. The number of carboxylic acid groups (broad SMARTS) is 1. The minimum absolute atomic E-state index is 0.158. The minimum Gasteiger partial charge on any atom is -0.477 e. The first kappa shape index (κ1) is 10.6. The molecule has 0 atom stereocenters. The van der Waals surface area contributed by atoms with Gasteiger partial charge in [0, 0.05) is 5.56 Å². The van der Waals surface area contributed by atoms with Gasteiger partial charge < -0.3 is 5.11 Å². The molecule has 1 aromatic heterocycles. The highest BCUT2D eigenvalue weighted by atomic mass is 32.1. The molecule has 0 aliphatic rings. The molecule has 4 nitrogen and oxygen atoms in total. The van der Waals surface area contributed by atoms with E-state index < -0.39 is 17.6 Å². The zero-order valence-electron chi connectivity index (χ0n) is 7.65. The third-order valence-corrected chi connectivity index (χ3v) is 2.58. The number of aromatic nitrogens is 2. The maximum Gasteiger partial charge on any atom is 0.349 e. The molecule has 2 rings (SSSR count). The van der Waals surface area contributed by atoms with Crippen LogP contribution >= 0.6 is 11.5 Å². The van der Waals surface area contributed by atoms with Gasteiger partial charge in [0.05, 0.1) is 0 Å². The summed E-state index contributed by atoms with van der Waals surface area (Å²) < 4.78 is 29.7. The molecule has 0 bridgehead atoms. The van der Waals surface area contributed by atoms with E-state index in [9.17, 15) is 13.6 Å². The van der Waals surface area contributed by atoms with Crippen molar-refractivity contribution in [2.75, 3.05) is 0 Å². The van der Waals surface area contributed by atoms with Crippen molar-refractivity contribution in [3.05, 3.63) is 34.7 Å². The number of hydrogen-bond acceptors (Lipinski definition) is 4. The summed E-state index contributed by atoms with van der Waals surface area (Å²) >= 11 is 0.617. The van der Waals surface area contributed by atoms with Crippen LogP contribution in [0.15, 0.2) is 18.2 Å². The first-order chi connectivity index (χ1) is 7.59. The topological polar surface area (TPSA) is 63.1 Å². The monoisotopic (exact) mass is 242 g/mol. The number of halogens is 2. The summed E-state index contributed by atoms with van der Waals surface area (Å²) in [6, 6.07) is 2.74. The van der Waals surface area contributed by atoms with Gasteiger partial charge in [-0.3, -0.25) is 0 Å². The van der Waals surface area contributed by atoms with Crippen molar-refractivity contribution in [2.45, 2.75) is 0 Å². The first-order valence-corrected chi connectivity index (χ1v) is 4.88. The van der Waals surface area contributed by atoms with Crippen molar-refractivity contribution in [1.29, 1.82) is 0 Å². The molecular weight excluding hydrogens is 238 g/mol. The van der Waals surface area contributed by atoms with E-state index in [0.717, 1.165) is 18.2 Å². The maximum atomic E-state index is 13.4. The molecule has 0 unspecified atom stereocenters. The van der Waals surface area contributed by atoms with Gasteiger partial charge >= 0.3 is 5.97 Å². The van der Waals surface area contributed by atoms with E-state index in [1.165, 1.54) is 0 Å². The second-order valence-corrected chi connectivity index (χ2v) is 3.63. The molecule has 0 fully saturated rings. The van der Waals surface area contributed by atoms with Crippen molar-refractivity contribution in [3.63, 3.8) is 0 Å². The number of nitrogens with zero attached hydrogens (tertiary/aromatic N) is 2. The number of carboxylic acids is 1. The van der Waals surface area contributed by atoms with Crippen molar-refractivity contribution in [2.24, 2.45) is 0 Å². The summed E-state index contributed by atoms with van der Waals surface area (Å²) in [6.45, 7) is 0. The van der Waals surface area contributed by atoms with Gasteiger partial charge in [-0.25, -0.2) is 13.6 Å². The molecule has 1 aromatic carbocycles. The van der Waals surface area contributed by atoms with Crippen molar-refractivity contribution >= 4 is 17.5 Å². The molecule has 0 aliphatic heterocycles. The Balaban J connectivity index is 2.62. The lowest BCUT2D eigenvalue weighted by molar-refractivity contribution is 0.0702. The zero-order chi connectivity index (χ0) is 11.7. The van der Waals surface area contributed by atoms with Gasteiger partial charge in [0.25, 0.3) is 0 Å². The van der Waals surface area contributed by atoms with Crippen molar-refractivity contribution < 1.29 is 18.7 Å². The lowest BCUT2D eigenvalue weighted by Crippen LogP contribution is -1.97. The lowest BCUT2D eigenvalue weighted by atomic mass is 10.1. The third kappa shape index (κ3) is 1.76. The van der Waals surface area contributed by atoms with Crippen molar-refractivity contribution in [1.82, 2.24) is 9.59 Å². The van der Waals surface area contributed by atoms with Gasteiger partial charge in [-0.2, -0.15) is 0 Å². The molecule has 1 N–H and O–H groups in total. The molecular formula is C9H4F2N2O2S. The first-order valence-electron chi connectivity index (χ1n) is 4.10. The Morgan fingerprint density at radius 1 is 1.38 bits per heavy atom. The molecule has 0 spiro atoms. The number of carbonyl (C=O) groups is 1. The summed E-state index contributed by atoms with van der Waals surface area (Å²) in [5.74, 6) is -2.67. The van der Waals surface area contributed by atoms with Crippen LogP contribution in [0.3, 0.4) is 0 Å². The third-order valence-electron chi connectivity index (χ3n) is 1.87. The Labute approximate surface area is 92.3 Å². The standard InChI is InChI=1S/C9H4F2N2O2S/c10-4-1-2-6(11)5(3-4)7-8(9(14)15)16-13-12-7/h1-3H,(H,14,15). The Bertz CT molecular complexity index is 556. The molecule has 0 saturated heterocycles. The van der Waals surface area contributed by atoms with Crippen LogP contribution in [0, 0.1) is 11.6 Å². The van der Waals surface area contributed by atoms with E-state index in [2.05, 4.69) is 9.59 Å². The predicted octanol–water partition coefficient (Wildman–Crippen LogP) is 2.18. The van der Waals surface area contributed by atoms with Gasteiger partial charge in [0.2, 0.25) is 0 Å². The van der Waals surface area contributed by atoms with Gasteiger partial charge in [0.15, 0.2) is 4.88 Å². The van der Waals surface area contributed by atoms with E-state index in [4.69, 9.17) is 5.11 Å². The van der Waals surface area contributed by atoms with E-state index in [1.807, 2.05) is 0 Å². The van der Waals surface area contributed by atoms with Crippen molar-refractivity contribution in [3.8, 4) is 11.3 Å². The summed E-state index contributed by atoms with van der Waals surface area (Å²) in [5, 5.41) is 12.3. The quantitative estimate of drug-likeness (QED) is 0.876. The number of hydrogen-bond donors (Lipinski definition) is 1. The molecule has 0 saturated carbocycles. The van der Waals surface area contributed by atoms with Crippen LogP contribution in [0.25, 0.3) is 11.3 Å². The highest BCUT2D eigenvalue weighted by Crippen LogP contribution is 2.26. The number of aromatic carboxylic acids is 1. The average molecular weight is 242 g/mol. The molecule has 16 heavy (non-hydrogen) atoms. The number of rotatable bonds is 2. The molecule has 82 valence electrons. The van der Waals surface area contributed by atoms with Gasteiger partial charge in [-0.1, -0.05) is 4.49 Å². The molecule has 2 aromatic rings. The lowest BCUT2D eigenvalue weighted by Gasteiger charge is -2.00. The Morgan fingerprint density at radius 2 is 2.12 bits per heavy atom. The Morgan fingerprint density at radius 3 is 2.81 bits per heavy atom. The van der Waals surface area contributed by atoms with Crippen LogP contribution in [0.5, 0.6) is 0 Å². The smallest absolute Gasteiger partial charge is 0.349 e. The second kappa shape index (κ2) is 3.93. The zero-order valence-corrected chi connectivity index (χ0v) is 8.46. The summed E-state index contributed by atoms with van der Waals surface area (Å²) in [7, 11) is 0. The summed E-state index contributed by atoms with van der Waals surface area (Å²) in [6.07, 6.45) is 0. The van der Waals surface area contributed by atoms with Crippen LogP contribution in [-0.2, 0) is 0 Å². The van der Waals surface area contributed by atoms with Crippen LogP contribution in [0.1, 0.15) is 9.67 Å². The van der Waals surface area contributed by atoms with Crippen LogP contribution < -0.4 is 0 Å². The average Bonchev–Trinajstić information content (AvgIpc) is 2.70. The fourth-order valence-corrected chi connectivity index (χ4v) is 1.71. The second-order valence-electron chi connectivity index (χ2n) is 2.88. The predicted molar refractivity (Wildman–Crippen MR) is 52.2 cm³/mol. The minimum atomic E-state index is -1.27. The molecule has 1 heterocycles. The largest absolute Gasteiger partial charge is 0.477 e. The molecule has 0 aliphatic carbocycles. The van der Waals surface area contributed by atoms with Crippen LogP contribution in [0.2, 0.25) is 0 Å². The van der Waals surface area contributed by atoms with Gasteiger partial charge in [0.1, 0.15) is 17.3 Å². The normalized spacial score (nSPS) is 10.4. The van der Waals surface area contributed by atoms with Gasteiger partial charge in [-0.15, -0.1) is 5.10 Å². The SMILES string of the molecule is O=C(O)c1snnc1-c1cc(F)ccc1F. The highest BCUT2D eigenvalue weighted by molar-refractivity contribution is 7.08. The Kier molecular flexibility index (Phi) is 2.61. The van der Waals surface area contributed by atoms with Crippen LogP contribution in [0.4, 0.5) is 8.78 Å². The van der Waals surface area contributed by atoms with Gasteiger partial charge in [-0.05, 0) is 29.7 Å². The van der Waals surface area contributed by atoms with E-state index in [1.54, 1.807) is 0 Å². The van der Waals surface area contributed by atoms with E-state index in [0.29, 0.717) is 11.5 Å². The fourth-order valence-electron chi connectivity index (χ4n) is 1.19. The number of benzene rings is 1. The van der Waals surface area contributed by atoms with E-state index in [-0.39, 0.29) is 16.1 Å². The maximum absolute atomic E-state index is 13.4. The highest BCUT2D eigenvalue weighted by Gasteiger charge is 2.19. The molecule has 0 amide bonds. The fraction of sp³-hybridized carbons (Fsp3) is 0.